The van der Waals surface area contributed by atoms with E-state index >= 15 is 0 Å². The van der Waals surface area contributed by atoms with Gasteiger partial charge < -0.3 is 14.9 Å². The van der Waals surface area contributed by atoms with E-state index in [0.717, 1.165) is 0 Å². The molecule has 11 heteroatoms. The third kappa shape index (κ3) is 5.68. The van der Waals surface area contributed by atoms with E-state index < -0.39 is 35.4 Å². The van der Waals surface area contributed by atoms with Gasteiger partial charge in [0.15, 0.2) is 5.82 Å². The minimum Gasteiger partial charge on any atom is -0.481 e. The maximum absolute atomic E-state index is 12.8. The number of benzene rings is 3. The van der Waals surface area contributed by atoms with Crippen LogP contribution in [-0.4, -0.2) is 43.0 Å². The molecule has 0 aliphatic rings. The number of aliphatic carboxylic acids is 2. The van der Waals surface area contributed by atoms with Gasteiger partial charge in [0.25, 0.3) is 5.69 Å². The number of carboxylic acids is 2. The first-order valence-corrected chi connectivity index (χ1v) is 11.2. The van der Waals surface area contributed by atoms with Crippen molar-refractivity contribution in [3.63, 3.8) is 0 Å². The Kier molecular flexibility index (Phi) is 7.48. The molecule has 0 radical (unpaired) electrons. The Morgan fingerprint density at radius 2 is 1.50 bits per heavy atom. The zero-order chi connectivity index (χ0) is 27.2. The van der Waals surface area contributed by atoms with Crippen LogP contribution in [0.1, 0.15) is 27.8 Å². The summed E-state index contributed by atoms with van der Waals surface area (Å²) in [5.74, 6) is -3.92. The molecule has 4 aromatic rings. The molecule has 2 N–H and O–H groups in total. The molecule has 1 aromatic heterocycles. The molecule has 0 fully saturated rings. The summed E-state index contributed by atoms with van der Waals surface area (Å²) in [6.45, 7) is 0. The van der Waals surface area contributed by atoms with Crippen molar-refractivity contribution in [3.05, 3.63) is 112 Å². The van der Waals surface area contributed by atoms with Crippen LogP contribution in [0.25, 0.3) is 22.5 Å². The molecule has 0 saturated heterocycles. The minimum absolute atomic E-state index is 0.0581. The highest BCUT2D eigenvalue weighted by molar-refractivity contribution is 5.92. The van der Waals surface area contributed by atoms with Gasteiger partial charge in [0.05, 0.1) is 22.6 Å². The van der Waals surface area contributed by atoms with E-state index in [0.29, 0.717) is 5.56 Å². The quantitative estimate of drug-likeness (QED) is 0.186. The Labute approximate surface area is 215 Å². The first-order valence-electron chi connectivity index (χ1n) is 11.2. The first kappa shape index (κ1) is 25.6. The molecule has 38 heavy (non-hydrogen) atoms. The number of carboxylic acid groups (broad SMARTS) is 2. The fraction of sp³-hybridized carbons (Fsp3) is 0.0741. The van der Waals surface area contributed by atoms with E-state index in [-0.39, 0.29) is 39.6 Å². The van der Waals surface area contributed by atoms with Crippen LogP contribution in [0, 0.1) is 10.1 Å². The number of nitro groups is 1. The van der Waals surface area contributed by atoms with Crippen molar-refractivity contribution >= 4 is 23.6 Å². The maximum Gasteiger partial charge on any atom is 0.351 e. The molecule has 0 aliphatic heterocycles. The van der Waals surface area contributed by atoms with Crippen molar-refractivity contribution in [1.29, 1.82) is 0 Å². The number of hydrogen-bond donors (Lipinski definition) is 2. The van der Waals surface area contributed by atoms with Crippen LogP contribution >= 0.6 is 0 Å². The number of rotatable bonds is 9. The summed E-state index contributed by atoms with van der Waals surface area (Å²) in [4.78, 5) is 56.4. The SMILES string of the molecule is O=C(O)Cc1nc(-c2cccc([N+](=O)[O-])c2)nc(C(OC(=O)c2ccccc2)C(=O)O)c1-c1ccccc1. The standard InChI is InChI=1S/C27H19N3O8/c31-21(32)15-20-22(16-8-3-1-4-9-16)23(24(26(33)34)38-27(35)17-10-5-2-6-11-17)29-25(28-20)18-12-7-13-19(14-18)30(36)37/h1-14,24H,15H2,(H,31,32)(H,33,34). The number of carbonyl (C=O) groups excluding carboxylic acids is 1. The number of hydrogen-bond acceptors (Lipinski definition) is 8. The van der Waals surface area contributed by atoms with Gasteiger partial charge in [0.2, 0.25) is 6.10 Å². The summed E-state index contributed by atoms with van der Waals surface area (Å²) >= 11 is 0. The van der Waals surface area contributed by atoms with Crippen molar-refractivity contribution in [2.45, 2.75) is 12.5 Å². The Morgan fingerprint density at radius 1 is 0.868 bits per heavy atom. The van der Waals surface area contributed by atoms with Crippen LogP contribution in [0.15, 0.2) is 84.9 Å². The van der Waals surface area contributed by atoms with Gasteiger partial charge in [-0.15, -0.1) is 0 Å². The largest absolute Gasteiger partial charge is 0.481 e. The van der Waals surface area contributed by atoms with Crippen molar-refractivity contribution in [2.24, 2.45) is 0 Å². The number of nitrogens with zero attached hydrogens (tertiary/aromatic N) is 3. The first-order chi connectivity index (χ1) is 18.2. The molecule has 1 atom stereocenters. The van der Waals surface area contributed by atoms with E-state index in [1.54, 1.807) is 48.5 Å². The van der Waals surface area contributed by atoms with Crippen LogP contribution in [-0.2, 0) is 20.7 Å². The highest BCUT2D eigenvalue weighted by Gasteiger charge is 2.33. The van der Waals surface area contributed by atoms with Crippen LogP contribution in [0.3, 0.4) is 0 Å². The fourth-order valence-electron chi connectivity index (χ4n) is 3.77. The molecule has 0 aliphatic carbocycles. The van der Waals surface area contributed by atoms with Crippen LogP contribution in [0.4, 0.5) is 5.69 Å². The summed E-state index contributed by atoms with van der Waals surface area (Å²) in [6, 6.07) is 21.3. The van der Waals surface area contributed by atoms with Gasteiger partial charge in [-0.25, -0.2) is 19.6 Å². The molecule has 11 nitrogen and oxygen atoms in total. The Hall–Kier alpha value is -5.45. The van der Waals surface area contributed by atoms with Crippen molar-refractivity contribution < 1.29 is 34.3 Å². The van der Waals surface area contributed by atoms with Crippen LogP contribution in [0.2, 0.25) is 0 Å². The van der Waals surface area contributed by atoms with Gasteiger partial charge >= 0.3 is 17.9 Å². The maximum atomic E-state index is 12.8. The van der Waals surface area contributed by atoms with E-state index in [1.165, 1.54) is 36.4 Å². The summed E-state index contributed by atoms with van der Waals surface area (Å²) in [6.07, 6.45) is -2.58. The normalized spacial score (nSPS) is 11.4. The summed E-state index contributed by atoms with van der Waals surface area (Å²) in [7, 11) is 0. The number of non-ortho nitro benzene ring substituents is 1. The van der Waals surface area contributed by atoms with E-state index in [2.05, 4.69) is 9.97 Å². The van der Waals surface area contributed by atoms with Crippen molar-refractivity contribution in [1.82, 2.24) is 9.97 Å². The molecular formula is C27H19N3O8. The molecule has 0 amide bonds. The topological polar surface area (TPSA) is 170 Å². The minimum atomic E-state index is -1.95. The second-order valence-electron chi connectivity index (χ2n) is 7.99. The number of ether oxygens (including phenoxy) is 1. The van der Waals surface area contributed by atoms with Crippen LogP contribution in [0.5, 0.6) is 0 Å². The number of esters is 1. The van der Waals surface area contributed by atoms with Gasteiger partial charge in [0.1, 0.15) is 5.69 Å². The number of nitro benzene ring substituents is 1. The van der Waals surface area contributed by atoms with Gasteiger partial charge in [-0.1, -0.05) is 60.7 Å². The predicted octanol–water partition coefficient (Wildman–Crippen LogP) is 4.33. The zero-order valence-corrected chi connectivity index (χ0v) is 19.6. The van der Waals surface area contributed by atoms with E-state index in [9.17, 15) is 34.7 Å². The highest BCUT2D eigenvalue weighted by Crippen LogP contribution is 2.35. The lowest BCUT2D eigenvalue weighted by molar-refractivity contribution is -0.384. The second-order valence-corrected chi connectivity index (χ2v) is 7.99. The lowest BCUT2D eigenvalue weighted by atomic mass is 9.96. The Morgan fingerprint density at radius 3 is 2.11 bits per heavy atom. The molecular weight excluding hydrogens is 494 g/mol. The fourth-order valence-corrected chi connectivity index (χ4v) is 3.77. The van der Waals surface area contributed by atoms with Crippen molar-refractivity contribution in [3.8, 4) is 22.5 Å². The second kappa shape index (κ2) is 11.1. The van der Waals surface area contributed by atoms with Crippen molar-refractivity contribution in [2.75, 3.05) is 0 Å². The lowest BCUT2D eigenvalue weighted by Gasteiger charge is -2.20. The predicted molar refractivity (Wildman–Crippen MR) is 133 cm³/mol. The van der Waals surface area contributed by atoms with Gasteiger partial charge in [-0.05, 0) is 17.7 Å². The van der Waals surface area contributed by atoms with E-state index in [4.69, 9.17) is 4.74 Å². The zero-order valence-electron chi connectivity index (χ0n) is 19.6. The lowest BCUT2D eigenvalue weighted by Crippen LogP contribution is -2.23. The average Bonchev–Trinajstić information content (AvgIpc) is 2.91. The summed E-state index contributed by atoms with van der Waals surface area (Å²) in [5, 5.41) is 31.0. The molecule has 0 spiro atoms. The molecule has 3 aromatic carbocycles. The van der Waals surface area contributed by atoms with Gasteiger partial charge in [-0.2, -0.15) is 0 Å². The third-order valence-electron chi connectivity index (χ3n) is 5.42. The summed E-state index contributed by atoms with van der Waals surface area (Å²) < 4.78 is 5.37. The smallest absolute Gasteiger partial charge is 0.351 e. The number of aromatic nitrogens is 2. The summed E-state index contributed by atoms with van der Waals surface area (Å²) in [5.41, 5.74) is 0.0913. The molecule has 0 saturated carbocycles. The average molecular weight is 513 g/mol. The molecule has 0 bridgehead atoms. The van der Waals surface area contributed by atoms with Gasteiger partial charge in [0, 0.05) is 23.3 Å². The van der Waals surface area contributed by atoms with Gasteiger partial charge in [-0.3, -0.25) is 14.9 Å². The van der Waals surface area contributed by atoms with E-state index in [1.807, 2.05) is 0 Å². The molecule has 190 valence electrons. The molecule has 1 unspecified atom stereocenters. The monoisotopic (exact) mass is 513 g/mol. The number of carbonyl (C=O) groups is 3. The molecule has 4 rings (SSSR count). The third-order valence-corrected chi connectivity index (χ3v) is 5.42. The van der Waals surface area contributed by atoms with Crippen LogP contribution < -0.4 is 0 Å². The molecule has 1 heterocycles. The highest BCUT2D eigenvalue weighted by atomic mass is 16.6. The Bertz CT molecular complexity index is 1520. The Balaban J connectivity index is 1.97.